The highest BCUT2D eigenvalue weighted by Gasteiger charge is 2.10. The van der Waals surface area contributed by atoms with Crippen LogP contribution in [0.4, 0.5) is 5.69 Å². The van der Waals surface area contributed by atoms with Crippen LogP contribution in [0.1, 0.15) is 65.2 Å². The van der Waals surface area contributed by atoms with Gasteiger partial charge in [0, 0.05) is 12.2 Å². The summed E-state index contributed by atoms with van der Waals surface area (Å²) >= 11 is 0. The average molecular weight is 294 g/mol. The second-order valence-corrected chi connectivity index (χ2v) is 5.73. The van der Waals surface area contributed by atoms with Gasteiger partial charge in [0.2, 0.25) is 5.91 Å². The zero-order valence-corrected chi connectivity index (χ0v) is 13.5. The van der Waals surface area contributed by atoms with Crippen molar-refractivity contribution in [3.63, 3.8) is 0 Å². The van der Waals surface area contributed by atoms with E-state index >= 15 is 0 Å². The maximum Gasteiger partial charge on any atom is 0.239 e. The van der Waals surface area contributed by atoms with Crippen LogP contribution >= 0.6 is 0 Å². The van der Waals surface area contributed by atoms with Gasteiger partial charge in [0.05, 0.1) is 11.9 Å². The van der Waals surface area contributed by atoms with Crippen LogP contribution in [0.15, 0.2) is 12.4 Å². The Kier molecular flexibility index (Phi) is 8.55. The molecule has 0 radical (unpaired) electrons. The highest BCUT2D eigenvalue weighted by molar-refractivity contribution is 5.73. The van der Waals surface area contributed by atoms with Gasteiger partial charge in [0.15, 0.2) is 0 Å². The van der Waals surface area contributed by atoms with Crippen molar-refractivity contribution < 1.29 is 4.79 Å². The summed E-state index contributed by atoms with van der Waals surface area (Å²) in [6.45, 7) is 4.60. The minimum Gasteiger partial charge on any atom is -0.380 e. The molecule has 1 heterocycles. The zero-order chi connectivity index (χ0) is 15.5. The van der Waals surface area contributed by atoms with E-state index in [1.807, 2.05) is 6.20 Å². The predicted octanol–water partition coefficient (Wildman–Crippen LogP) is 3.31. The third kappa shape index (κ3) is 7.73. The lowest BCUT2D eigenvalue weighted by Gasteiger charge is -2.18. The van der Waals surface area contributed by atoms with Crippen LogP contribution in [0.5, 0.6) is 0 Å². The second kappa shape index (κ2) is 10.2. The lowest BCUT2D eigenvalue weighted by atomic mass is 10.0. The summed E-state index contributed by atoms with van der Waals surface area (Å²) < 4.78 is 1.58. The van der Waals surface area contributed by atoms with Crippen molar-refractivity contribution in [3.8, 4) is 0 Å². The molecule has 5 nitrogen and oxygen atoms in total. The number of rotatable bonds is 12. The molecule has 0 aliphatic heterocycles. The SMILES string of the molecule is CCCCCC(CCCCC)Nc1cnn(CC(N)=O)c1. The third-order valence-electron chi connectivity index (χ3n) is 3.63. The Morgan fingerprint density at radius 3 is 2.38 bits per heavy atom. The smallest absolute Gasteiger partial charge is 0.239 e. The van der Waals surface area contributed by atoms with Crippen molar-refractivity contribution in [1.82, 2.24) is 9.78 Å². The first-order valence-electron chi connectivity index (χ1n) is 8.23. The Morgan fingerprint density at radius 2 is 1.86 bits per heavy atom. The molecule has 0 bridgehead atoms. The second-order valence-electron chi connectivity index (χ2n) is 5.73. The van der Waals surface area contributed by atoms with Crippen molar-refractivity contribution in [2.24, 2.45) is 5.73 Å². The fraction of sp³-hybridized carbons (Fsp3) is 0.750. The number of primary amides is 1. The van der Waals surface area contributed by atoms with Gasteiger partial charge in [-0.15, -0.1) is 0 Å². The molecule has 0 saturated heterocycles. The molecule has 1 aromatic rings. The van der Waals surface area contributed by atoms with Crippen molar-refractivity contribution in [1.29, 1.82) is 0 Å². The van der Waals surface area contributed by atoms with Gasteiger partial charge in [-0.1, -0.05) is 52.4 Å². The van der Waals surface area contributed by atoms with Crippen molar-refractivity contribution >= 4 is 11.6 Å². The molecule has 1 rings (SSSR count). The number of carbonyl (C=O) groups is 1. The summed E-state index contributed by atoms with van der Waals surface area (Å²) in [6.07, 6.45) is 13.6. The first-order valence-corrected chi connectivity index (χ1v) is 8.23. The van der Waals surface area contributed by atoms with Gasteiger partial charge < -0.3 is 11.1 Å². The molecule has 0 atom stereocenters. The molecule has 0 spiro atoms. The fourth-order valence-corrected chi connectivity index (χ4v) is 2.49. The lowest BCUT2D eigenvalue weighted by molar-refractivity contribution is -0.118. The molecule has 1 aromatic heterocycles. The van der Waals surface area contributed by atoms with Gasteiger partial charge in [-0.2, -0.15) is 5.10 Å². The van der Waals surface area contributed by atoms with E-state index in [-0.39, 0.29) is 12.5 Å². The van der Waals surface area contributed by atoms with Gasteiger partial charge in [-0.05, 0) is 12.8 Å². The van der Waals surface area contributed by atoms with E-state index in [1.165, 1.54) is 51.4 Å². The summed E-state index contributed by atoms with van der Waals surface area (Å²) in [5.74, 6) is -0.368. The number of nitrogens with one attached hydrogen (secondary N) is 1. The van der Waals surface area contributed by atoms with Gasteiger partial charge in [0.1, 0.15) is 6.54 Å². The molecular formula is C16H30N4O. The molecule has 21 heavy (non-hydrogen) atoms. The molecule has 0 aliphatic carbocycles. The number of hydrogen-bond donors (Lipinski definition) is 2. The van der Waals surface area contributed by atoms with E-state index in [0.717, 1.165) is 5.69 Å². The van der Waals surface area contributed by atoms with Gasteiger partial charge >= 0.3 is 0 Å². The first kappa shape index (κ1) is 17.5. The van der Waals surface area contributed by atoms with Crippen LogP contribution in [-0.4, -0.2) is 21.7 Å². The van der Waals surface area contributed by atoms with E-state index in [0.29, 0.717) is 6.04 Å². The van der Waals surface area contributed by atoms with Gasteiger partial charge in [-0.3, -0.25) is 9.48 Å². The van der Waals surface area contributed by atoms with Crippen molar-refractivity contribution in [3.05, 3.63) is 12.4 Å². The fourth-order valence-electron chi connectivity index (χ4n) is 2.49. The summed E-state index contributed by atoms with van der Waals surface area (Å²) in [5.41, 5.74) is 6.16. The normalized spacial score (nSPS) is 11.0. The molecule has 1 amide bonds. The van der Waals surface area contributed by atoms with E-state index in [2.05, 4.69) is 24.3 Å². The van der Waals surface area contributed by atoms with Crippen LogP contribution in [0.3, 0.4) is 0 Å². The molecule has 3 N–H and O–H groups in total. The monoisotopic (exact) mass is 294 g/mol. The number of amides is 1. The molecule has 120 valence electrons. The highest BCUT2D eigenvalue weighted by Crippen LogP contribution is 2.16. The van der Waals surface area contributed by atoms with Gasteiger partial charge in [0.25, 0.3) is 0 Å². The van der Waals surface area contributed by atoms with Crippen molar-refractivity contribution in [2.75, 3.05) is 5.32 Å². The summed E-state index contributed by atoms with van der Waals surface area (Å²) in [4.78, 5) is 10.9. The van der Waals surface area contributed by atoms with E-state index in [4.69, 9.17) is 5.73 Å². The largest absolute Gasteiger partial charge is 0.380 e. The minimum atomic E-state index is -0.368. The zero-order valence-electron chi connectivity index (χ0n) is 13.5. The molecular weight excluding hydrogens is 264 g/mol. The van der Waals surface area contributed by atoms with Crippen LogP contribution in [0.25, 0.3) is 0 Å². The molecule has 5 heteroatoms. The maximum atomic E-state index is 10.9. The van der Waals surface area contributed by atoms with Crippen LogP contribution in [0, 0.1) is 0 Å². The Balaban J connectivity index is 2.48. The van der Waals surface area contributed by atoms with Crippen LogP contribution < -0.4 is 11.1 Å². The van der Waals surface area contributed by atoms with Crippen LogP contribution in [-0.2, 0) is 11.3 Å². The minimum absolute atomic E-state index is 0.137. The predicted molar refractivity (Wildman–Crippen MR) is 87.1 cm³/mol. The molecule has 0 aliphatic rings. The van der Waals surface area contributed by atoms with E-state index in [9.17, 15) is 4.79 Å². The lowest BCUT2D eigenvalue weighted by Crippen LogP contribution is -2.20. The number of nitrogens with two attached hydrogens (primary N) is 1. The highest BCUT2D eigenvalue weighted by atomic mass is 16.1. The van der Waals surface area contributed by atoms with Gasteiger partial charge in [-0.25, -0.2) is 0 Å². The van der Waals surface area contributed by atoms with Crippen molar-refractivity contribution in [2.45, 2.75) is 77.8 Å². The number of anilines is 1. The first-order chi connectivity index (χ1) is 10.2. The molecule has 0 fully saturated rings. The summed E-state index contributed by atoms with van der Waals surface area (Å²) in [5, 5.41) is 7.71. The number of unbranched alkanes of at least 4 members (excludes halogenated alkanes) is 4. The Labute approximate surface area is 128 Å². The number of aromatic nitrogens is 2. The Bertz CT molecular complexity index is 393. The standard InChI is InChI=1S/C16H30N4O/c1-3-5-7-9-14(10-8-6-4-2)19-15-11-18-20(12-15)13-16(17)21/h11-12,14,19H,3-10,13H2,1-2H3,(H2,17,21). The Hall–Kier alpha value is -1.52. The van der Waals surface area contributed by atoms with E-state index < -0.39 is 0 Å². The molecule has 0 saturated carbocycles. The average Bonchev–Trinajstić information content (AvgIpc) is 2.85. The third-order valence-corrected chi connectivity index (χ3v) is 3.63. The number of carbonyl (C=O) groups excluding carboxylic acids is 1. The topological polar surface area (TPSA) is 72.9 Å². The maximum absolute atomic E-state index is 10.9. The summed E-state index contributed by atoms with van der Waals surface area (Å²) in [7, 11) is 0. The van der Waals surface area contributed by atoms with E-state index in [1.54, 1.807) is 10.9 Å². The van der Waals surface area contributed by atoms with Crippen LogP contribution in [0.2, 0.25) is 0 Å². The summed E-state index contributed by atoms with van der Waals surface area (Å²) in [6, 6.07) is 0.495. The Morgan fingerprint density at radius 1 is 1.24 bits per heavy atom. The number of hydrogen-bond acceptors (Lipinski definition) is 3. The quantitative estimate of drug-likeness (QED) is 0.581. The molecule has 0 unspecified atom stereocenters. The molecule has 0 aromatic carbocycles. The number of nitrogens with zero attached hydrogens (tertiary/aromatic N) is 2.